The molecule has 0 radical (unpaired) electrons. The van der Waals surface area contributed by atoms with Crippen LogP contribution in [0.5, 0.6) is 0 Å². The molecule has 0 aliphatic carbocycles. The summed E-state index contributed by atoms with van der Waals surface area (Å²) in [5.74, 6) is 0.181. The number of likely N-dealkylation sites (tertiary alicyclic amines) is 1. The Labute approximate surface area is 168 Å². The number of fused-ring (bicyclic) bond motifs is 3. The number of amides is 1. The van der Waals surface area contributed by atoms with E-state index >= 15 is 0 Å². The third-order valence-corrected chi connectivity index (χ3v) is 7.08. The van der Waals surface area contributed by atoms with Gasteiger partial charge in [0.15, 0.2) is 4.96 Å². The number of thiazole rings is 1. The quantitative estimate of drug-likeness (QED) is 0.733. The number of carbonyl (C=O) groups excluding carboxylic acids is 1. The van der Waals surface area contributed by atoms with Gasteiger partial charge in [0, 0.05) is 49.5 Å². The van der Waals surface area contributed by atoms with Gasteiger partial charge < -0.3 is 9.88 Å². The van der Waals surface area contributed by atoms with Crippen molar-refractivity contribution in [3.05, 3.63) is 41.2 Å². The van der Waals surface area contributed by atoms with Crippen LogP contribution in [-0.4, -0.2) is 61.2 Å². The van der Waals surface area contributed by atoms with Crippen molar-refractivity contribution >= 4 is 22.2 Å². The summed E-state index contributed by atoms with van der Waals surface area (Å²) in [4.78, 5) is 31.1. The Morgan fingerprint density at radius 1 is 1.32 bits per heavy atom. The minimum absolute atomic E-state index is 0.0165. The molecular formula is C20H26N6OS. The van der Waals surface area contributed by atoms with Gasteiger partial charge >= 0.3 is 0 Å². The number of nitrogens with one attached hydrogen (secondary N) is 1. The summed E-state index contributed by atoms with van der Waals surface area (Å²) in [5, 5.41) is 2.01. The van der Waals surface area contributed by atoms with Crippen LogP contribution in [0.2, 0.25) is 0 Å². The van der Waals surface area contributed by atoms with Crippen LogP contribution in [-0.2, 0) is 23.2 Å². The van der Waals surface area contributed by atoms with E-state index in [-0.39, 0.29) is 11.4 Å². The number of rotatable bonds is 4. The number of piperidine rings is 1. The maximum atomic E-state index is 12.9. The summed E-state index contributed by atoms with van der Waals surface area (Å²) in [6, 6.07) is 0. The van der Waals surface area contributed by atoms with Gasteiger partial charge in [0.1, 0.15) is 0 Å². The van der Waals surface area contributed by atoms with Gasteiger partial charge in [0.2, 0.25) is 5.91 Å². The highest BCUT2D eigenvalue weighted by Gasteiger charge is 2.46. The molecule has 8 heteroatoms. The Kier molecular flexibility index (Phi) is 4.47. The van der Waals surface area contributed by atoms with E-state index < -0.39 is 0 Å². The normalized spacial score (nSPS) is 19.4. The van der Waals surface area contributed by atoms with Crippen molar-refractivity contribution in [1.29, 1.82) is 0 Å². The second kappa shape index (κ2) is 7.00. The molecule has 148 valence electrons. The van der Waals surface area contributed by atoms with Gasteiger partial charge in [-0.3, -0.25) is 14.1 Å². The molecule has 0 saturated carbocycles. The molecule has 1 spiro atoms. The largest absolute Gasteiger partial charge is 0.348 e. The molecule has 1 saturated heterocycles. The monoisotopic (exact) mass is 398 g/mol. The maximum Gasteiger partial charge on any atom is 0.228 e. The number of imidazole rings is 2. The lowest BCUT2D eigenvalue weighted by molar-refractivity contribution is -0.133. The Hall–Kier alpha value is -2.19. The highest BCUT2D eigenvalue weighted by Crippen LogP contribution is 2.42. The minimum atomic E-state index is -0.0165. The van der Waals surface area contributed by atoms with E-state index in [0.717, 1.165) is 62.5 Å². The molecule has 1 N–H and O–H groups in total. The summed E-state index contributed by atoms with van der Waals surface area (Å²) in [6.45, 7) is 5.97. The van der Waals surface area contributed by atoms with Crippen molar-refractivity contribution in [2.24, 2.45) is 0 Å². The summed E-state index contributed by atoms with van der Waals surface area (Å²) in [7, 11) is 0. The fourth-order valence-corrected chi connectivity index (χ4v) is 5.64. The van der Waals surface area contributed by atoms with E-state index in [9.17, 15) is 4.79 Å². The van der Waals surface area contributed by atoms with Crippen LogP contribution < -0.4 is 0 Å². The van der Waals surface area contributed by atoms with E-state index in [2.05, 4.69) is 21.8 Å². The Morgan fingerprint density at radius 3 is 2.96 bits per heavy atom. The summed E-state index contributed by atoms with van der Waals surface area (Å²) >= 11 is 1.60. The standard InChI is InChI=1S/C20H26N6OS/c1-2-6-26-7-3-16-18(22-14-21-16)20(26)4-8-24(9-5-20)17(27)12-15-13-25-10-11-28-19(25)23-15/h10-11,13-14H,2-9,12H2,1H3,(H,21,22). The first-order valence-electron chi connectivity index (χ1n) is 10.2. The van der Waals surface area contributed by atoms with Gasteiger partial charge in [0.05, 0.1) is 29.7 Å². The van der Waals surface area contributed by atoms with Gasteiger partial charge in [-0.2, -0.15) is 0 Å². The number of nitrogens with zero attached hydrogens (tertiary/aromatic N) is 5. The number of hydrogen-bond donors (Lipinski definition) is 1. The average molecular weight is 399 g/mol. The van der Waals surface area contributed by atoms with Crippen LogP contribution in [0.4, 0.5) is 0 Å². The van der Waals surface area contributed by atoms with Crippen LogP contribution in [0.1, 0.15) is 43.3 Å². The highest BCUT2D eigenvalue weighted by molar-refractivity contribution is 7.15. The summed E-state index contributed by atoms with van der Waals surface area (Å²) in [6.07, 6.45) is 10.3. The lowest BCUT2D eigenvalue weighted by Gasteiger charge is -2.50. The zero-order valence-electron chi connectivity index (χ0n) is 16.2. The molecule has 0 atom stereocenters. The molecule has 5 heterocycles. The molecule has 5 rings (SSSR count). The van der Waals surface area contributed by atoms with Gasteiger partial charge in [-0.1, -0.05) is 6.92 Å². The molecule has 0 bridgehead atoms. The van der Waals surface area contributed by atoms with Gasteiger partial charge in [-0.25, -0.2) is 9.97 Å². The predicted molar refractivity (Wildman–Crippen MR) is 108 cm³/mol. The summed E-state index contributed by atoms with van der Waals surface area (Å²) < 4.78 is 1.99. The summed E-state index contributed by atoms with van der Waals surface area (Å²) in [5.41, 5.74) is 3.34. The van der Waals surface area contributed by atoms with Crippen LogP contribution in [0.3, 0.4) is 0 Å². The zero-order chi connectivity index (χ0) is 19.1. The van der Waals surface area contributed by atoms with Crippen molar-refractivity contribution in [3.63, 3.8) is 0 Å². The van der Waals surface area contributed by atoms with Crippen molar-refractivity contribution < 1.29 is 4.79 Å². The Bertz CT molecular complexity index is 951. The second-order valence-electron chi connectivity index (χ2n) is 7.88. The first-order valence-corrected chi connectivity index (χ1v) is 11.0. The lowest BCUT2D eigenvalue weighted by atomic mass is 9.78. The van der Waals surface area contributed by atoms with Crippen molar-refractivity contribution in [2.75, 3.05) is 26.2 Å². The molecule has 7 nitrogen and oxygen atoms in total. The van der Waals surface area contributed by atoms with Crippen molar-refractivity contribution in [1.82, 2.24) is 29.2 Å². The first kappa shape index (κ1) is 17.9. The molecule has 1 amide bonds. The number of aromatic amines is 1. The van der Waals surface area contributed by atoms with E-state index in [1.54, 1.807) is 11.3 Å². The molecule has 2 aliphatic heterocycles. The number of H-pyrrole nitrogens is 1. The smallest absolute Gasteiger partial charge is 0.228 e. The van der Waals surface area contributed by atoms with Crippen LogP contribution >= 0.6 is 11.3 Å². The molecule has 3 aromatic rings. The number of carbonyl (C=O) groups is 1. The van der Waals surface area contributed by atoms with E-state index in [1.165, 1.54) is 11.4 Å². The van der Waals surface area contributed by atoms with Crippen LogP contribution in [0.15, 0.2) is 24.1 Å². The zero-order valence-corrected chi connectivity index (χ0v) is 17.0. The average Bonchev–Trinajstić information content (AvgIpc) is 3.41. The third kappa shape index (κ3) is 2.86. The fourth-order valence-electron chi connectivity index (χ4n) is 4.93. The van der Waals surface area contributed by atoms with Crippen molar-refractivity contribution in [2.45, 2.75) is 44.6 Å². The van der Waals surface area contributed by atoms with Crippen molar-refractivity contribution in [3.8, 4) is 0 Å². The number of aromatic nitrogens is 4. The van der Waals surface area contributed by atoms with Crippen LogP contribution in [0.25, 0.3) is 4.96 Å². The first-order chi connectivity index (χ1) is 13.7. The molecule has 2 aliphatic rings. The van der Waals surface area contributed by atoms with E-state index in [1.807, 2.05) is 33.4 Å². The lowest BCUT2D eigenvalue weighted by Crippen LogP contribution is -2.57. The highest BCUT2D eigenvalue weighted by atomic mass is 32.1. The molecule has 28 heavy (non-hydrogen) atoms. The SMILES string of the molecule is CCCN1CCc2[nH]cnc2C12CCN(C(=O)Cc1cn3ccsc3n1)CC2. The van der Waals surface area contributed by atoms with E-state index in [4.69, 9.17) is 4.98 Å². The minimum Gasteiger partial charge on any atom is -0.348 e. The van der Waals surface area contributed by atoms with Gasteiger partial charge in [-0.15, -0.1) is 11.3 Å². The number of hydrogen-bond acceptors (Lipinski definition) is 5. The molecule has 0 aromatic carbocycles. The van der Waals surface area contributed by atoms with Gasteiger partial charge in [-0.05, 0) is 25.8 Å². The maximum absolute atomic E-state index is 12.9. The Balaban J connectivity index is 1.30. The molecule has 1 fully saturated rings. The fraction of sp³-hybridized carbons (Fsp3) is 0.550. The molecule has 3 aromatic heterocycles. The second-order valence-corrected chi connectivity index (χ2v) is 8.75. The third-order valence-electron chi connectivity index (χ3n) is 6.31. The van der Waals surface area contributed by atoms with E-state index in [0.29, 0.717) is 6.42 Å². The molecular weight excluding hydrogens is 372 g/mol. The van der Waals surface area contributed by atoms with Crippen LogP contribution in [0, 0.1) is 0 Å². The predicted octanol–water partition coefficient (Wildman–Crippen LogP) is 2.45. The molecule has 0 unspecified atom stereocenters. The Morgan fingerprint density at radius 2 is 2.18 bits per heavy atom. The van der Waals surface area contributed by atoms with Gasteiger partial charge in [0.25, 0.3) is 0 Å². The topological polar surface area (TPSA) is 69.5 Å².